The molecule has 0 spiro atoms. The Balaban J connectivity index is 1.53. The summed E-state index contributed by atoms with van der Waals surface area (Å²) in [5.41, 5.74) is 8.38. The van der Waals surface area contributed by atoms with Crippen LogP contribution in [0.5, 0.6) is 11.5 Å². The summed E-state index contributed by atoms with van der Waals surface area (Å²) in [5.74, 6) is 1.82. The number of hydrogen-bond acceptors (Lipinski definition) is 7. The third kappa shape index (κ3) is 5.59. The van der Waals surface area contributed by atoms with E-state index in [9.17, 15) is 4.79 Å². The number of nitrogen functional groups attached to an aromatic ring is 1. The number of aryl methyl sites for hydroxylation is 1. The summed E-state index contributed by atoms with van der Waals surface area (Å²) >= 11 is 1.27. The molecule has 2 aromatic carbocycles. The van der Waals surface area contributed by atoms with Crippen LogP contribution in [0.15, 0.2) is 65.8 Å². The van der Waals surface area contributed by atoms with Gasteiger partial charge in [0, 0.05) is 30.1 Å². The van der Waals surface area contributed by atoms with Crippen LogP contribution in [0, 0.1) is 6.92 Å². The van der Waals surface area contributed by atoms with Crippen LogP contribution < -0.4 is 20.1 Å². The van der Waals surface area contributed by atoms with E-state index in [-0.39, 0.29) is 11.7 Å². The molecule has 0 atom stereocenters. The van der Waals surface area contributed by atoms with Gasteiger partial charge in [-0.15, -0.1) is 0 Å². The molecule has 0 saturated heterocycles. The fourth-order valence-electron chi connectivity index (χ4n) is 3.24. The first-order chi connectivity index (χ1) is 15.6. The molecular weight excluding hydrogens is 424 g/mol. The lowest BCUT2D eigenvalue weighted by Gasteiger charge is -2.24. The maximum Gasteiger partial charge on any atom is 0.237 e. The fraction of sp³-hybridized carbons (Fsp3) is 0.208. The standard InChI is InChI=1S/C24H24N4O3S/c1-17-14-22(25)27-24(26-17)32-16-23(29)28(11-5-8-18-6-3-2-4-7-18)19-9-10-20-21(15-19)31-13-12-30-20/h2-10,14-15H,11-13,16H2,1H3,(H2,25,26,27). The zero-order chi connectivity index (χ0) is 22.3. The van der Waals surface area contributed by atoms with Crippen molar-refractivity contribution >= 4 is 35.3 Å². The number of nitrogens with two attached hydrogens (primary N) is 1. The zero-order valence-corrected chi connectivity index (χ0v) is 18.5. The lowest BCUT2D eigenvalue weighted by Crippen LogP contribution is -2.32. The normalized spacial score (nSPS) is 12.7. The van der Waals surface area contributed by atoms with E-state index >= 15 is 0 Å². The lowest BCUT2D eigenvalue weighted by atomic mass is 10.2. The van der Waals surface area contributed by atoms with Crippen molar-refractivity contribution < 1.29 is 14.3 Å². The number of ether oxygens (including phenoxy) is 2. The SMILES string of the molecule is Cc1cc(N)nc(SCC(=O)N(CC=Cc2ccccc2)c2ccc3c(c2)OCCO3)n1. The van der Waals surface area contributed by atoms with Crippen LogP contribution in [0.4, 0.5) is 11.5 Å². The van der Waals surface area contributed by atoms with Gasteiger partial charge in [-0.2, -0.15) is 0 Å². The number of thioether (sulfide) groups is 1. The van der Waals surface area contributed by atoms with E-state index in [1.54, 1.807) is 11.0 Å². The average molecular weight is 449 g/mol. The molecule has 2 N–H and O–H groups in total. The summed E-state index contributed by atoms with van der Waals surface area (Å²) in [6.45, 7) is 3.26. The number of benzene rings is 2. The molecule has 32 heavy (non-hydrogen) atoms. The predicted octanol–water partition coefficient (Wildman–Crippen LogP) is 3.98. The third-order valence-electron chi connectivity index (χ3n) is 4.71. The van der Waals surface area contributed by atoms with Crippen molar-refractivity contribution in [1.29, 1.82) is 0 Å². The smallest absolute Gasteiger partial charge is 0.237 e. The Morgan fingerprint density at radius 1 is 1.09 bits per heavy atom. The lowest BCUT2D eigenvalue weighted by molar-refractivity contribution is -0.116. The molecule has 0 saturated carbocycles. The molecule has 8 heteroatoms. The number of carbonyl (C=O) groups is 1. The van der Waals surface area contributed by atoms with E-state index in [2.05, 4.69) is 9.97 Å². The molecular formula is C24H24N4O3S. The van der Waals surface area contributed by atoms with Gasteiger partial charge < -0.3 is 20.1 Å². The number of nitrogens with zero attached hydrogens (tertiary/aromatic N) is 3. The van der Waals surface area contributed by atoms with E-state index in [1.807, 2.05) is 67.6 Å². The summed E-state index contributed by atoms with van der Waals surface area (Å²) in [6.07, 6.45) is 3.96. The highest BCUT2D eigenvalue weighted by Crippen LogP contribution is 2.34. The largest absolute Gasteiger partial charge is 0.486 e. The van der Waals surface area contributed by atoms with E-state index in [0.29, 0.717) is 42.2 Å². The Bertz CT molecular complexity index is 1100. The Morgan fingerprint density at radius 2 is 1.88 bits per heavy atom. The van der Waals surface area contributed by atoms with Gasteiger partial charge >= 0.3 is 0 Å². The molecule has 1 aromatic heterocycles. The van der Waals surface area contributed by atoms with Gasteiger partial charge in [0.1, 0.15) is 19.0 Å². The molecule has 4 rings (SSSR count). The molecule has 1 aliphatic heterocycles. The van der Waals surface area contributed by atoms with Crippen LogP contribution in [-0.4, -0.2) is 41.4 Å². The summed E-state index contributed by atoms with van der Waals surface area (Å²) < 4.78 is 11.3. The Morgan fingerprint density at radius 3 is 2.66 bits per heavy atom. The highest BCUT2D eigenvalue weighted by molar-refractivity contribution is 7.99. The molecule has 164 valence electrons. The van der Waals surface area contributed by atoms with E-state index < -0.39 is 0 Å². The quantitative estimate of drug-likeness (QED) is 0.432. The first kappa shape index (κ1) is 21.7. The number of anilines is 2. The highest BCUT2D eigenvalue weighted by Gasteiger charge is 2.19. The Hall–Kier alpha value is -3.52. The van der Waals surface area contributed by atoms with E-state index in [4.69, 9.17) is 15.2 Å². The van der Waals surface area contributed by atoms with E-state index in [1.165, 1.54) is 11.8 Å². The van der Waals surface area contributed by atoms with Gasteiger partial charge in [0.25, 0.3) is 0 Å². The molecule has 0 bridgehead atoms. The van der Waals surface area contributed by atoms with Crippen molar-refractivity contribution in [1.82, 2.24) is 9.97 Å². The van der Waals surface area contributed by atoms with Gasteiger partial charge in [0.15, 0.2) is 16.7 Å². The zero-order valence-electron chi connectivity index (χ0n) is 17.7. The second-order valence-electron chi connectivity index (χ2n) is 7.15. The fourth-order valence-corrected chi connectivity index (χ4v) is 4.03. The summed E-state index contributed by atoms with van der Waals surface area (Å²) in [5, 5.41) is 0.484. The molecule has 1 aliphatic rings. The van der Waals surface area contributed by atoms with Gasteiger partial charge in [-0.3, -0.25) is 4.79 Å². The van der Waals surface area contributed by atoms with Crippen LogP contribution in [0.2, 0.25) is 0 Å². The van der Waals surface area contributed by atoms with Gasteiger partial charge in [-0.05, 0) is 24.6 Å². The minimum absolute atomic E-state index is 0.0759. The number of carbonyl (C=O) groups excluding carboxylic acids is 1. The van der Waals surface area contributed by atoms with Crippen molar-refractivity contribution in [2.75, 3.05) is 36.1 Å². The summed E-state index contributed by atoms with van der Waals surface area (Å²) in [7, 11) is 0. The number of fused-ring (bicyclic) bond motifs is 1. The van der Waals surface area contributed by atoms with Crippen molar-refractivity contribution in [3.05, 3.63) is 71.9 Å². The number of hydrogen-bond donors (Lipinski definition) is 1. The van der Waals surface area contributed by atoms with Gasteiger partial charge in [0.05, 0.1) is 5.75 Å². The molecule has 7 nitrogen and oxygen atoms in total. The van der Waals surface area contributed by atoms with Crippen molar-refractivity contribution in [3.63, 3.8) is 0 Å². The first-order valence-electron chi connectivity index (χ1n) is 10.2. The predicted molar refractivity (Wildman–Crippen MR) is 127 cm³/mol. The maximum absolute atomic E-state index is 13.2. The molecule has 2 heterocycles. The van der Waals surface area contributed by atoms with Crippen molar-refractivity contribution in [2.24, 2.45) is 0 Å². The van der Waals surface area contributed by atoms with Crippen LogP contribution in [0.1, 0.15) is 11.3 Å². The monoisotopic (exact) mass is 448 g/mol. The van der Waals surface area contributed by atoms with Gasteiger partial charge in [0.2, 0.25) is 5.91 Å². The molecule has 0 aliphatic carbocycles. The number of rotatable bonds is 7. The highest BCUT2D eigenvalue weighted by atomic mass is 32.2. The van der Waals surface area contributed by atoms with Crippen LogP contribution in [0.3, 0.4) is 0 Å². The number of amides is 1. The first-order valence-corrected chi connectivity index (χ1v) is 11.2. The van der Waals surface area contributed by atoms with E-state index in [0.717, 1.165) is 16.9 Å². The van der Waals surface area contributed by atoms with Crippen LogP contribution in [-0.2, 0) is 4.79 Å². The molecule has 0 fully saturated rings. The van der Waals surface area contributed by atoms with Crippen molar-refractivity contribution in [3.8, 4) is 11.5 Å². The van der Waals surface area contributed by atoms with Gasteiger partial charge in [-0.1, -0.05) is 54.2 Å². The second kappa shape index (κ2) is 10.2. The van der Waals surface area contributed by atoms with Crippen molar-refractivity contribution in [2.45, 2.75) is 12.1 Å². The second-order valence-corrected chi connectivity index (χ2v) is 8.09. The minimum atomic E-state index is -0.0759. The average Bonchev–Trinajstić information content (AvgIpc) is 2.80. The molecule has 3 aromatic rings. The topological polar surface area (TPSA) is 90.6 Å². The Kier molecular flexibility index (Phi) is 6.91. The Labute approximate surface area is 191 Å². The minimum Gasteiger partial charge on any atom is -0.486 e. The maximum atomic E-state index is 13.2. The third-order valence-corrected chi connectivity index (χ3v) is 5.55. The number of aromatic nitrogens is 2. The van der Waals surface area contributed by atoms with Gasteiger partial charge in [-0.25, -0.2) is 9.97 Å². The molecule has 1 amide bonds. The summed E-state index contributed by atoms with van der Waals surface area (Å²) in [4.78, 5) is 23.5. The summed E-state index contributed by atoms with van der Waals surface area (Å²) in [6, 6.07) is 17.2. The van der Waals surface area contributed by atoms with Crippen LogP contribution >= 0.6 is 11.8 Å². The molecule has 0 radical (unpaired) electrons. The molecule has 0 unspecified atom stereocenters. The van der Waals surface area contributed by atoms with Crippen LogP contribution in [0.25, 0.3) is 6.08 Å².